The number of hydrogen-bond donors (Lipinski definition) is 1. The highest BCUT2D eigenvalue weighted by atomic mass is 14.8. The van der Waals surface area contributed by atoms with Crippen molar-refractivity contribution in [2.45, 2.75) is 27.2 Å². The maximum absolute atomic E-state index is 3.99. The molecule has 0 aliphatic heterocycles. The van der Waals surface area contributed by atoms with Gasteiger partial charge in [0.2, 0.25) is 0 Å². The van der Waals surface area contributed by atoms with Gasteiger partial charge in [0.15, 0.2) is 0 Å². The van der Waals surface area contributed by atoms with E-state index in [0.717, 1.165) is 6.42 Å². The van der Waals surface area contributed by atoms with Crippen LogP contribution in [0, 0.1) is 5.92 Å². The van der Waals surface area contributed by atoms with E-state index in [9.17, 15) is 0 Å². The minimum absolute atomic E-state index is 0.688. The van der Waals surface area contributed by atoms with Crippen LogP contribution in [-0.2, 0) is 0 Å². The molecule has 0 rings (SSSR count). The van der Waals surface area contributed by atoms with Gasteiger partial charge >= 0.3 is 0 Å². The van der Waals surface area contributed by atoms with E-state index in [-0.39, 0.29) is 0 Å². The molecule has 0 radical (unpaired) electrons. The lowest BCUT2D eigenvalue weighted by Gasteiger charge is -2.11. The molecular weight excluding hydrogens is 148 g/mol. The number of rotatable bonds is 4. The molecule has 0 aromatic heterocycles. The monoisotopic (exact) mass is 168 g/mol. The molecule has 12 heavy (non-hydrogen) atoms. The van der Waals surface area contributed by atoms with Crippen LogP contribution in [0.1, 0.15) is 27.2 Å². The molecule has 0 aliphatic carbocycles. The molecule has 0 atom stereocenters. The van der Waals surface area contributed by atoms with Crippen molar-refractivity contribution < 1.29 is 0 Å². The Balaban J connectivity index is 4.38. The molecule has 0 saturated heterocycles. The van der Waals surface area contributed by atoms with E-state index >= 15 is 0 Å². The average Bonchev–Trinajstić information content (AvgIpc) is 2.00. The fourth-order valence-corrected chi connectivity index (χ4v) is 1.14. The number of nitrogens with one attached hydrogen (secondary N) is 1. The Hall–Kier alpha value is -0.790. The third-order valence-electron chi connectivity index (χ3n) is 1.71. The third-order valence-corrected chi connectivity index (χ3v) is 1.71. The highest BCUT2D eigenvalue weighted by Crippen LogP contribution is 2.10. The fourth-order valence-electron chi connectivity index (χ4n) is 1.14. The molecule has 0 aliphatic rings. The average molecular weight is 168 g/mol. The fraction of sp³-hybridized carbons (Fsp3) is 0.700. The first-order valence-electron chi connectivity index (χ1n) is 4.41. The summed E-state index contributed by atoms with van der Waals surface area (Å²) >= 11 is 0. The predicted molar refractivity (Wildman–Crippen MR) is 55.6 cm³/mol. The van der Waals surface area contributed by atoms with Crippen molar-refractivity contribution in [3.63, 3.8) is 0 Å². The van der Waals surface area contributed by atoms with Crippen molar-refractivity contribution in [2.75, 3.05) is 14.1 Å². The van der Waals surface area contributed by atoms with Crippen LogP contribution in [0.4, 0.5) is 0 Å². The number of nitrogens with zero attached hydrogens (tertiary/aromatic N) is 1. The molecular formula is C10H20N2. The van der Waals surface area contributed by atoms with Crippen LogP contribution in [0.5, 0.6) is 0 Å². The normalized spacial score (nSPS) is 13.8. The molecule has 0 fully saturated rings. The SMILES string of the molecule is CN=CC(C)=C(CC(C)C)NC. The standard InChI is InChI=1S/C10H20N2/c1-8(2)6-10(12-5)9(3)7-11-4/h7-8,12H,6H2,1-5H3. The van der Waals surface area contributed by atoms with Crippen molar-refractivity contribution >= 4 is 6.21 Å². The molecule has 0 amide bonds. The second-order valence-electron chi connectivity index (χ2n) is 3.40. The third kappa shape index (κ3) is 4.16. The number of hydrogen-bond acceptors (Lipinski definition) is 2. The van der Waals surface area contributed by atoms with Crippen LogP contribution in [0.3, 0.4) is 0 Å². The van der Waals surface area contributed by atoms with Gasteiger partial charge in [0.25, 0.3) is 0 Å². The Morgan fingerprint density at radius 2 is 2.08 bits per heavy atom. The van der Waals surface area contributed by atoms with Crippen LogP contribution in [0.2, 0.25) is 0 Å². The van der Waals surface area contributed by atoms with Crippen LogP contribution < -0.4 is 5.32 Å². The van der Waals surface area contributed by atoms with Crippen molar-refractivity contribution in [3.8, 4) is 0 Å². The van der Waals surface area contributed by atoms with Gasteiger partial charge in [0.05, 0.1) is 0 Å². The molecule has 2 heteroatoms. The molecule has 70 valence electrons. The van der Waals surface area contributed by atoms with Gasteiger partial charge in [-0.25, -0.2) is 0 Å². The second-order valence-corrected chi connectivity index (χ2v) is 3.40. The summed E-state index contributed by atoms with van der Waals surface area (Å²) in [6, 6.07) is 0. The van der Waals surface area contributed by atoms with Crippen LogP contribution in [0.25, 0.3) is 0 Å². The van der Waals surface area contributed by atoms with Gasteiger partial charge in [-0.3, -0.25) is 4.99 Å². The van der Waals surface area contributed by atoms with E-state index in [1.54, 1.807) is 7.05 Å². The molecule has 0 heterocycles. The van der Waals surface area contributed by atoms with Crippen LogP contribution in [-0.4, -0.2) is 20.3 Å². The van der Waals surface area contributed by atoms with Gasteiger partial charge in [0.1, 0.15) is 0 Å². The molecule has 2 nitrogen and oxygen atoms in total. The summed E-state index contributed by atoms with van der Waals surface area (Å²) in [6.45, 7) is 6.52. The summed E-state index contributed by atoms with van der Waals surface area (Å²) in [6.07, 6.45) is 2.99. The van der Waals surface area contributed by atoms with E-state index in [2.05, 4.69) is 31.1 Å². The van der Waals surface area contributed by atoms with Crippen molar-refractivity contribution in [1.29, 1.82) is 0 Å². The first-order valence-corrected chi connectivity index (χ1v) is 4.41. The zero-order valence-corrected chi connectivity index (χ0v) is 8.81. The Morgan fingerprint density at radius 3 is 2.42 bits per heavy atom. The van der Waals surface area contributed by atoms with E-state index in [1.807, 2.05) is 13.3 Å². The van der Waals surface area contributed by atoms with Crippen LogP contribution >= 0.6 is 0 Å². The number of allylic oxidation sites excluding steroid dienone is 2. The van der Waals surface area contributed by atoms with Gasteiger partial charge in [-0.15, -0.1) is 0 Å². The largest absolute Gasteiger partial charge is 0.391 e. The van der Waals surface area contributed by atoms with Crippen molar-refractivity contribution in [2.24, 2.45) is 10.9 Å². The summed E-state index contributed by atoms with van der Waals surface area (Å²) in [5.74, 6) is 0.688. The lowest BCUT2D eigenvalue weighted by molar-refractivity contribution is 0.615. The quantitative estimate of drug-likeness (QED) is 0.640. The zero-order chi connectivity index (χ0) is 9.56. The molecule has 0 aromatic carbocycles. The molecule has 0 aromatic rings. The summed E-state index contributed by atoms with van der Waals surface area (Å²) in [7, 11) is 3.76. The summed E-state index contributed by atoms with van der Waals surface area (Å²) < 4.78 is 0. The Morgan fingerprint density at radius 1 is 1.50 bits per heavy atom. The van der Waals surface area contributed by atoms with Gasteiger partial charge < -0.3 is 5.32 Å². The molecule has 0 spiro atoms. The summed E-state index contributed by atoms with van der Waals surface area (Å²) in [4.78, 5) is 3.99. The van der Waals surface area contributed by atoms with E-state index < -0.39 is 0 Å². The minimum Gasteiger partial charge on any atom is -0.391 e. The van der Waals surface area contributed by atoms with Crippen molar-refractivity contribution in [3.05, 3.63) is 11.3 Å². The first kappa shape index (κ1) is 11.2. The number of aliphatic imine (C=N–C) groups is 1. The maximum atomic E-state index is 3.99. The molecule has 0 unspecified atom stereocenters. The topological polar surface area (TPSA) is 24.4 Å². The zero-order valence-electron chi connectivity index (χ0n) is 8.81. The molecule has 0 bridgehead atoms. The summed E-state index contributed by atoms with van der Waals surface area (Å²) in [5.41, 5.74) is 2.52. The molecule has 0 saturated carbocycles. The first-order chi connectivity index (χ1) is 5.61. The Bertz CT molecular complexity index is 178. The second kappa shape index (κ2) is 5.81. The van der Waals surface area contributed by atoms with E-state index in [0.29, 0.717) is 5.92 Å². The molecule has 1 N–H and O–H groups in total. The van der Waals surface area contributed by atoms with Gasteiger partial charge in [-0.1, -0.05) is 13.8 Å². The Kier molecular flexibility index (Phi) is 5.43. The van der Waals surface area contributed by atoms with Gasteiger partial charge in [-0.05, 0) is 24.8 Å². The Labute approximate surface area is 75.8 Å². The lowest BCUT2D eigenvalue weighted by atomic mass is 10.1. The summed E-state index contributed by atoms with van der Waals surface area (Å²) in [5, 5.41) is 3.21. The smallest absolute Gasteiger partial charge is 0.0277 e. The lowest BCUT2D eigenvalue weighted by Crippen LogP contribution is -2.11. The van der Waals surface area contributed by atoms with E-state index in [1.165, 1.54) is 11.3 Å². The highest BCUT2D eigenvalue weighted by molar-refractivity contribution is 5.78. The minimum atomic E-state index is 0.688. The maximum Gasteiger partial charge on any atom is 0.0277 e. The van der Waals surface area contributed by atoms with E-state index in [4.69, 9.17) is 0 Å². The predicted octanol–water partition coefficient (Wildman–Crippen LogP) is 2.23. The van der Waals surface area contributed by atoms with Gasteiger partial charge in [0, 0.05) is 26.0 Å². The van der Waals surface area contributed by atoms with Gasteiger partial charge in [-0.2, -0.15) is 0 Å². The van der Waals surface area contributed by atoms with Crippen LogP contribution in [0.15, 0.2) is 16.3 Å². The van der Waals surface area contributed by atoms with Crippen molar-refractivity contribution in [1.82, 2.24) is 5.32 Å². The highest BCUT2D eigenvalue weighted by Gasteiger charge is 2.01.